The minimum atomic E-state index is -0.109. The molecule has 0 fully saturated rings. The number of aliphatic hydroxyl groups excluding tert-OH is 1. The largest absolute Gasteiger partial charge is 0.469 e. The Hall–Kier alpha value is -1.14. The fourth-order valence-electron chi connectivity index (χ4n) is 5.48. The summed E-state index contributed by atoms with van der Waals surface area (Å²) in [4.78, 5) is 26.1. The van der Waals surface area contributed by atoms with Gasteiger partial charge in [-0.25, -0.2) is 0 Å². The smallest absolute Gasteiger partial charge is 0.306 e. The van der Waals surface area contributed by atoms with E-state index in [-0.39, 0.29) is 24.6 Å². The van der Waals surface area contributed by atoms with Crippen LogP contribution in [-0.2, 0) is 19.1 Å². The predicted molar refractivity (Wildman–Crippen MR) is 172 cm³/mol. The van der Waals surface area contributed by atoms with E-state index in [0.717, 1.165) is 58.0 Å². The van der Waals surface area contributed by atoms with Crippen LogP contribution in [0.4, 0.5) is 0 Å². The molecule has 0 amide bonds. The van der Waals surface area contributed by atoms with Gasteiger partial charge in [0.2, 0.25) is 0 Å². The first-order chi connectivity index (χ1) is 20.1. The van der Waals surface area contributed by atoms with Gasteiger partial charge < -0.3 is 19.5 Å². The first kappa shape index (κ1) is 39.9. The van der Waals surface area contributed by atoms with Crippen LogP contribution in [0.5, 0.6) is 0 Å². The van der Waals surface area contributed by atoms with Crippen molar-refractivity contribution in [3.63, 3.8) is 0 Å². The van der Waals surface area contributed by atoms with E-state index in [2.05, 4.69) is 23.5 Å². The number of rotatable bonds is 32. The number of hydrogen-bond acceptors (Lipinski definition) is 6. The van der Waals surface area contributed by atoms with E-state index >= 15 is 0 Å². The van der Waals surface area contributed by atoms with Crippen molar-refractivity contribution in [1.29, 1.82) is 0 Å². The first-order valence-corrected chi connectivity index (χ1v) is 17.7. The van der Waals surface area contributed by atoms with Gasteiger partial charge in [-0.15, -0.1) is 0 Å². The summed E-state index contributed by atoms with van der Waals surface area (Å²) in [6.07, 6.45) is 28.2. The van der Waals surface area contributed by atoms with Gasteiger partial charge in [-0.3, -0.25) is 9.59 Å². The van der Waals surface area contributed by atoms with Crippen molar-refractivity contribution in [1.82, 2.24) is 4.90 Å². The van der Waals surface area contributed by atoms with Gasteiger partial charge in [0.25, 0.3) is 0 Å². The van der Waals surface area contributed by atoms with Crippen molar-refractivity contribution in [3.8, 4) is 0 Å². The molecule has 6 heteroatoms. The van der Waals surface area contributed by atoms with Gasteiger partial charge in [0.15, 0.2) is 0 Å². The molecule has 0 heterocycles. The van der Waals surface area contributed by atoms with E-state index in [1.54, 1.807) is 0 Å². The minimum absolute atomic E-state index is 0.0211. The maximum absolute atomic E-state index is 12.7. The molecule has 0 atom stereocenters. The molecule has 41 heavy (non-hydrogen) atoms. The second kappa shape index (κ2) is 31.8. The van der Waals surface area contributed by atoms with E-state index < -0.39 is 0 Å². The zero-order valence-corrected chi connectivity index (χ0v) is 27.6. The Kier molecular flexibility index (Phi) is 30.9. The molecule has 0 radical (unpaired) electrons. The average Bonchev–Trinajstić information content (AvgIpc) is 2.97. The molecule has 244 valence electrons. The summed E-state index contributed by atoms with van der Waals surface area (Å²) in [5.74, 6) is -0.130. The topological polar surface area (TPSA) is 76.1 Å². The van der Waals surface area contributed by atoms with Gasteiger partial charge in [0.05, 0.1) is 13.7 Å². The number of ether oxygens (including phenoxy) is 2. The SMILES string of the molecule is CCCCCCCCC(CCCCCCCC)OC(=O)CCCCN(CCO)CCCCCCCCCC(=O)OC. The lowest BCUT2D eigenvalue weighted by Crippen LogP contribution is -2.29. The van der Waals surface area contributed by atoms with Crippen LogP contribution in [0, 0.1) is 0 Å². The molecular formula is C35H69NO5. The molecular weight excluding hydrogens is 514 g/mol. The first-order valence-electron chi connectivity index (χ1n) is 17.7. The lowest BCUT2D eigenvalue weighted by molar-refractivity contribution is -0.150. The van der Waals surface area contributed by atoms with E-state index in [1.807, 2.05) is 0 Å². The van der Waals surface area contributed by atoms with Crippen molar-refractivity contribution in [3.05, 3.63) is 0 Å². The van der Waals surface area contributed by atoms with Crippen LogP contribution in [0.1, 0.15) is 174 Å². The molecule has 0 aromatic heterocycles. The quantitative estimate of drug-likeness (QED) is 0.0628. The molecule has 6 nitrogen and oxygen atoms in total. The maximum Gasteiger partial charge on any atom is 0.306 e. The summed E-state index contributed by atoms with van der Waals surface area (Å²) in [6, 6.07) is 0. The highest BCUT2D eigenvalue weighted by molar-refractivity contribution is 5.69. The van der Waals surface area contributed by atoms with Crippen LogP contribution in [0.15, 0.2) is 0 Å². The van der Waals surface area contributed by atoms with E-state index in [9.17, 15) is 14.7 Å². The standard InChI is InChI=1S/C35H69NO5/c1-4-6-8-10-15-19-25-33(26-20-16-11-9-7-5-2)41-35(39)28-22-24-30-36(31-32-37)29-23-18-14-12-13-17-21-27-34(38)40-3/h33,37H,4-32H2,1-3H3. The van der Waals surface area contributed by atoms with E-state index in [0.29, 0.717) is 19.4 Å². The normalized spacial score (nSPS) is 11.5. The Morgan fingerprint density at radius 3 is 1.49 bits per heavy atom. The van der Waals surface area contributed by atoms with Crippen molar-refractivity contribution >= 4 is 11.9 Å². The summed E-state index contributed by atoms with van der Waals surface area (Å²) >= 11 is 0. The third kappa shape index (κ3) is 28.7. The summed E-state index contributed by atoms with van der Waals surface area (Å²) < 4.78 is 10.7. The molecule has 0 aliphatic rings. The predicted octanol–water partition coefficient (Wildman–Crippen LogP) is 9.16. The third-order valence-corrected chi connectivity index (χ3v) is 8.16. The fourth-order valence-corrected chi connectivity index (χ4v) is 5.48. The highest BCUT2D eigenvalue weighted by Crippen LogP contribution is 2.18. The van der Waals surface area contributed by atoms with Crippen LogP contribution < -0.4 is 0 Å². The van der Waals surface area contributed by atoms with Gasteiger partial charge in [0.1, 0.15) is 6.10 Å². The summed E-state index contributed by atoms with van der Waals surface area (Å²) in [5.41, 5.74) is 0. The molecule has 0 bridgehead atoms. The maximum atomic E-state index is 12.7. The van der Waals surface area contributed by atoms with Crippen LogP contribution >= 0.6 is 0 Å². The number of hydrogen-bond donors (Lipinski definition) is 1. The zero-order valence-electron chi connectivity index (χ0n) is 27.6. The summed E-state index contributed by atoms with van der Waals surface area (Å²) in [7, 11) is 1.45. The molecule has 0 aromatic carbocycles. The Bertz CT molecular complexity index is 555. The molecule has 0 spiro atoms. The van der Waals surface area contributed by atoms with Gasteiger partial charge in [-0.05, 0) is 64.5 Å². The summed E-state index contributed by atoms with van der Waals surface area (Å²) in [5, 5.41) is 9.47. The molecule has 0 aliphatic carbocycles. The molecule has 0 unspecified atom stereocenters. The van der Waals surface area contributed by atoms with E-state index in [4.69, 9.17) is 4.74 Å². The van der Waals surface area contributed by atoms with Gasteiger partial charge in [-0.1, -0.05) is 110 Å². The Labute approximate surface area is 254 Å². The molecule has 0 saturated carbocycles. The van der Waals surface area contributed by atoms with Crippen molar-refractivity contribution in [2.24, 2.45) is 0 Å². The van der Waals surface area contributed by atoms with E-state index in [1.165, 1.54) is 110 Å². The second-order valence-electron chi connectivity index (χ2n) is 12.0. The van der Waals surface area contributed by atoms with Gasteiger partial charge in [0, 0.05) is 19.4 Å². The van der Waals surface area contributed by atoms with Crippen molar-refractivity contribution in [2.45, 2.75) is 180 Å². The molecule has 1 N–H and O–H groups in total. The Balaban J connectivity index is 4.14. The molecule has 0 rings (SSSR count). The lowest BCUT2D eigenvalue weighted by Gasteiger charge is -2.21. The molecule has 0 aliphatic heterocycles. The second-order valence-corrected chi connectivity index (χ2v) is 12.0. The molecule has 0 saturated heterocycles. The van der Waals surface area contributed by atoms with Gasteiger partial charge >= 0.3 is 11.9 Å². The number of unbranched alkanes of at least 4 members (excludes halogenated alkanes) is 17. The molecule has 0 aromatic rings. The van der Waals surface area contributed by atoms with Crippen LogP contribution in [0.3, 0.4) is 0 Å². The Morgan fingerprint density at radius 2 is 0.976 bits per heavy atom. The number of esters is 2. The number of aliphatic hydroxyl groups is 1. The lowest BCUT2D eigenvalue weighted by atomic mass is 10.0. The number of nitrogens with zero attached hydrogens (tertiary/aromatic N) is 1. The minimum Gasteiger partial charge on any atom is -0.469 e. The average molecular weight is 584 g/mol. The zero-order chi connectivity index (χ0) is 30.2. The monoisotopic (exact) mass is 584 g/mol. The number of carbonyl (C=O) groups is 2. The summed E-state index contributed by atoms with van der Waals surface area (Å²) in [6.45, 7) is 7.33. The number of carbonyl (C=O) groups excluding carboxylic acids is 2. The fraction of sp³-hybridized carbons (Fsp3) is 0.943. The van der Waals surface area contributed by atoms with Gasteiger partial charge in [-0.2, -0.15) is 0 Å². The third-order valence-electron chi connectivity index (χ3n) is 8.16. The highest BCUT2D eigenvalue weighted by Gasteiger charge is 2.14. The number of methoxy groups -OCH3 is 1. The van der Waals surface area contributed by atoms with Crippen molar-refractivity contribution in [2.75, 3.05) is 33.4 Å². The van der Waals surface area contributed by atoms with Crippen LogP contribution in [0.25, 0.3) is 0 Å². The highest BCUT2D eigenvalue weighted by atomic mass is 16.5. The Morgan fingerprint density at radius 1 is 0.561 bits per heavy atom. The van der Waals surface area contributed by atoms with Crippen LogP contribution in [-0.4, -0.2) is 61.4 Å². The van der Waals surface area contributed by atoms with Crippen molar-refractivity contribution < 1.29 is 24.2 Å². The van der Waals surface area contributed by atoms with Crippen LogP contribution in [0.2, 0.25) is 0 Å².